The van der Waals surface area contributed by atoms with Crippen LogP contribution in [0.15, 0.2) is 24.8 Å². The molecule has 1 unspecified atom stereocenters. The van der Waals surface area contributed by atoms with Gasteiger partial charge in [-0.25, -0.2) is 0 Å². The maximum Gasteiger partial charge on any atom is 0.143 e. The van der Waals surface area contributed by atoms with Gasteiger partial charge in [-0.15, -0.1) is 6.58 Å². The molecule has 1 heterocycles. The molecule has 0 spiro atoms. The average Bonchev–Trinajstić information content (AvgIpc) is 2.32. The molecule has 16 heavy (non-hydrogen) atoms. The van der Waals surface area contributed by atoms with E-state index in [-0.39, 0.29) is 13.4 Å². The van der Waals surface area contributed by atoms with Gasteiger partial charge < -0.3 is 19.7 Å². The van der Waals surface area contributed by atoms with Crippen LogP contribution in [-0.2, 0) is 9.47 Å². The van der Waals surface area contributed by atoms with E-state index in [2.05, 4.69) is 23.5 Å². The second-order valence-electron chi connectivity index (χ2n) is 2.88. The van der Waals surface area contributed by atoms with Gasteiger partial charge in [0, 0.05) is 13.7 Å². The van der Waals surface area contributed by atoms with Crippen molar-refractivity contribution in [1.82, 2.24) is 0 Å². The summed E-state index contributed by atoms with van der Waals surface area (Å²) in [6.07, 6.45) is 8.46. The van der Waals surface area contributed by atoms with Gasteiger partial charge in [0.15, 0.2) is 0 Å². The predicted molar refractivity (Wildman–Crippen MR) is 65.2 cm³/mol. The van der Waals surface area contributed by atoms with Gasteiger partial charge in [0.2, 0.25) is 0 Å². The fourth-order valence-electron chi connectivity index (χ4n) is 0.902. The highest BCUT2D eigenvalue weighted by Crippen LogP contribution is 2.07. The molecule has 0 saturated heterocycles. The molecule has 0 radical (unpaired) electrons. The molecule has 1 aliphatic rings. The lowest BCUT2D eigenvalue weighted by Gasteiger charge is -2.14. The maximum absolute atomic E-state index is 7.65. The van der Waals surface area contributed by atoms with Crippen LogP contribution in [0.25, 0.3) is 0 Å². The van der Waals surface area contributed by atoms with E-state index in [9.17, 15) is 0 Å². The average molecular weight is 232 g/mol. The standard InChI is InChI=1S/C8H12O.C2H6O2.C2H6O/c1-2-5-8-6-3-4-7-9-8;1-4-2-3;1-2-3/h2-3,6,8H,1,4-5,7H2;3H,2H2,1H3;3H,2H2,1H3. The molecule has 4 nitrogen and oxygen atoms in total. The van der Waals surface area contributed by atoms with Crippen molar-refractivity contribution in [3.63, 3.8) is 0 Å². The highest BCUT2D eigenvalue weighted by atomic mass is 16.6. The summed E-state index contributed by atoms with van der Waals surface area (Å²) in [5.41, 5.74) is 0. The second kappa shape index (κ2) is 16.7. The summed E-state index contributed by atoms with van der Waals surface area (Å²) in [5.74, 6) is 0. The largest absolute Gasteiger partial charge is 0.397 e. The highest BCUT2D eigenvalue weighted by Gasteiger charge is 2.04. The van der Waals surface area contributed by atoms with E-state index in [4.69, 9.17) is 14.9 Å². The van der Waals surface area contributed by atoms with Gasteiger partial charge in [-0.05, 0) is 19.8 Å². The zero-order chi connectivity index (χ0) is 12.6. The Balaban J connectivity index is 0. The third-order valence-corrected chi connectivity index (χ3v) is 1.50. The molecule has 1 aliphatic heterocycles. The topological polar surface area (TPSA) is 58.9 Å². The molecule has 0 saturated carbocycles. The Labute approximate surface area is 98.2 Å². The van der Waals surface area contributed by atoms with Crippen molar-refractivity contribution in [3.05, 3.63) is 24.8 Å². The molecule has 4 heteroatoms. The van der Waals surface area contributed by atoms with Crippen molar-refractivity contribution in [2.75, 3.05) is 27.1 Å². The third kappa shape index (κ3) is 15.8. The minimum atomic E-state index is -0.181. The van der Waals surface area contributed by atoms with Crippen LogP contribution in [-0.4, -0.2) is 43.4 Å². The quantitative estimate of drug-likeness (QED) is 0.572. The Hall–Kier alpha value is -0.680. The van der Waals surface area contributed by atoms with Gasteiger partial charge in [0.05, 0.1) is 12.7 Å². The number of methoxy groups -OCH3 is 1. The first kappa shape index (κ1) is 17.7. The monoisotopic (exact) mass is 232 g/mol. The van der Waals surface area contributed by atoms with E-state index in [1.54, 1.807) is 6.92 Å². The third-order valence-electron chi connectivity index (χ3n) is 1.50. The number of rotatable bonds is 3. The van der Waals surface area contributed by atoms with E-state index in [1.807, 2.05) is 6.08 Å². The van der Waals surface area contributed by atoms with Crippen LogP contribution in [0.1, 0.15) is 19.8 Å². The van der Waals surface area contributed by atoms with Crippen molar-refractivity contribution in [3.8, 4) is 0 Å². The van der Waals surface area contributed by atoms with Crippen LogP contribution >= 0.6 is 0 Å². The fraction of sp³-hybridized carbons (Fsp3) is 0.667. The zero-order valence-corrected chi connectivity index (χ0v) is 10.3. The summed E-state index contributed by atoms with van der Waals surface area (Å²) in [6, 6.07) is 0. The molecule has 0 bridgehead atoms. The number of ether oxygens (including phenoxy) is 2. The van der Waals surface area contributed by atoms with Gasteiger partial charge >= 0.3 is 0 Å². The molecule has 96 valence electrons. The molecule has 0 fully saturated rings. The van der Waals surface area contributed by atoms with E-state index in [0.29, 0.717) is 6.10 Å². The summed E-state index contributed by atoms with van der Waals surface area (Å²) in [7, 11) is 1.43. The first-order chi connectivity index (χ1) is 7.76. The fourth-order valence-corrected chi connectivity index (χ4v) is 0.902. The molecule has 0 aromatic rings. The smallest absolute Gasteiger partial charge is 0.143 e. The highest BCUT2D eigenvalue weighted by molar-refractivity contribution is 4.95. The van der Waals surface area contributed by atoms with Gasteiger partial charge in [-0.3, -0.25) is 0 Å². The van der Waals surface area contributed by atoms with E-state index in [0.717, 1.165) is 19.4 Å². The van der Waals surface area contributed by atoms with Crippen LogP contribution in [0.5, 0.6) is 0 Å². The Morgan fingerprint density at radius 3 is 2.44 bits per heavy atom. The van der Waals surface area contributed by atoms with Gasteiger partial charge in [-0.2, -0.15) is 0 Å². The van der Waals surface area contributed by atoms with Crippen molar-refractivity contribution in [1.29, 1.82) is 0 Å². The first-order valence-corrected chi connectivity index (χ1v) is 5.36. The maximum atomic E-state index is 7.65. The number of hydrogen-bond donors (Lipinski definition) is 2. The molecule has 0 aromatic heterocycles. The molecule has 1 atom stereocenters. The second-order valence-corrected chi connectivity index (χ2v) is 2.88. The van der Waals surface area contributed by atoms with E-state index >= 15 is 0 Å². The van der Waals surface area contributed by atoms with Crippen molar-refractivity contribution < 1.29 is 19.7 Å². The van der Waals surface area contributed by atoms with Crippen molar-refractivity contribution in [2.24, 2.45) is 0 Å². The summed E-state index contributed by atoms with van der Waals surface area (Å²) < 4.78 is 9.46. The predicted octanol–water partition coefficient (Wildman–Crippen LogP) is 1.49. The zero-order valence-electron chi connectivity index (χ0n) is 10.3. The van der Waals surface area contributed by atoms with Crippen molar-refractivity contribution in [2.45, 2.75) is 25.9 Å². The van der Waals surface area contributed by atoms with Gasteiger partial charge in [0.1, 0.15) is 6.79 Å². The van der Waals surface area contributed by atoms with E-state index in [1.165, 1.54) is 7.11 Å². The number of aliphatic hydroxyl groups excluding tert-OH is 2. The molecule has 0 amide bonds. The van der Waals surface area contributed by atoms with Gasteiger partial charge in [-0.1, -0.05) is 18.2 Å². The van der Waals surface area contributed by atoms with Crippen LogP contribution in [0.2, 0.25) is 0 Å². The Morgan fingerprint density at radius 1 is 1.56 bits per heavy atom. The number of hydrogen-bond acceptors (Lipinski definition) is 4. The molecule has 0 aromatic carbocycles. The summed E-state index contributed by atoms with van der Waals surface area (Å²) in [4.78, 5) is 0. The lowest BCUT2D eigenvalue weighted by molar-refractivity contribution is 0.0325. The van der Waals surface area contributed by atoms with E-state index < -0.39 is 0 Å². The van der Waals surface area contributed by atoms with Crippen LogP contribution in [0.4, 0.5) is 0 Å². The lowest BCUT2D eigenvalue weighted by atomic mass is 10.2. The number of aliphatic hydroxyl groups is 2. The van der Waals surface area contributed by atoms with Crippen LogP contribution < -0.4 is 0 Å². The minimum Gasteiger partial charge on any atom is -0.397 e. The van der Waals surface area contributed by atoms with Crippen molar-refractivity contribution >= 4 is 0 Å². The van der Waals surface area contributed by atoms with Crippen LogP contribution in [0, 0.1) is 0 Å². The minimum absolute atomic E-state index is 0.181. The normalized spacial score (nSPS) is 17.6. The molecule has 0 aliphatic carbocycles. The molecule has 1 rings (SSSR count). The summed E-state index contributed by atoms with van der Waals surface area (Å²) >= 11 is 0. The lowest BCUT2D eigenvalue weighted by Crippen LogP contribution is -2.12. The van der Waals surface area contributed by atoms with Crippen LogP contribution in [0.3, 0.4) is 0 Å². The Morgan fingerprint density at radius 2 is 2.12 bits per heavy atom. The Bertz CT molecular complexity index is 155. The molecular weight excluding hydrogens is 208 g/mol. The Kier molecular flexibility index (Phi) is 18.5. The summed E-state index contributed by atoms with van der Waals surface area (Å²) in [6.45, 7) is 6.26. The summed E-state index contributed by atoms with van der Waals surface area (Å²) in [5, 5.41) is 15.2. The molecule has 2 N–H and O–H groups in total. The SMILES string of the molecule is C=CCC1C=CCCO1.CCO.COCO. The van der Waals surface area contributed by atoms with Gasteiger partial charge in [0.25, 0.3) is 0 Å². The first-order valence-electron chi connectivity index (χ1n) is 5.36. The molecular formula is C12H24O4.